The highest BCUT2D eigenvalue weighted by Gasteiger charge is 2.15. The molecule has 0 aliphatic carbocycles. The molecule has 2 rings (SSSR count). The van der Waals surface area contributed by atoms with E-state index in [0.717, 1.165) is 17.9 Å². The Morgan fingerprint density at radius 3 is 2.95 bits per heavy atom. The van der Waals surface area contributed by atoms with E-state index in [4.69, 9.17) is 10.3 Å². The zero-order valence-corrected chi connectivity index (χ0v) is 11.8. The van der Waals surface area contributed by atoms with Gasteiger partial charge in [-0.3, -0.25) is 15.1 Å². The van der Waals surface area contributed by atoms with Gasteiger partial charge in [0.15, 0.2) is 5.76 Å². The monoisotopic (exact) mass is 279 g/mol. The van der Waals surface area contributed by atoms with Gasteiger partial charge in [0, 0.05) is 17.0 Å². The van der Waals surface area contributed by atoms with Crippen LogP contribution in [0, 0.1) is 6.92 Å². The molecule has 0 saturated heterocycles. The van der Waals surface area contributed by atoms with Crippen molar-refractivity contribution in [2.75, 3.05) is 7.05 Å². The molecule has 3 N–H and O–H groups in total. The third kappa shape index (κ3) is 3.44. The highest BCUT2D eigenvalue weighted by Crippen LogP contribution is 2.17. The van der Waals surface area contributed by atoms with Crippen LogP contribution in [0.2, 0.25) is 0 Å². The highest BCUT2D eigenvalue weighted by molar-refractivity contribution is 7.09. The Hall–Kier alpha value is -1.63. The maximum Gasteiger partial charge on any atom is 0.301 e. The van der Waals surface area contributed by atoms with Gasteiger partial charge < -0.3 is 4.42 Å². The van der Waals surface area contributed by atoms with Crippen molar-refractivity contribution < 1.29 is 9.21 Å². The summed E-state index contributed by atoms with van der Waals surface area (Å²) in [5, 5.41) is 2.06. The average Bonchev–Trinajstić information content (AvgIpc) is 2.98. The van der Waals surface area contributed by atoms with E-state index in [1.807, 2.05) is 26.1 Å². The van der Waals surface area contributed by atoms with E-state index in [2.05, 4.69) is 21.8 Å². The molecule has 19 heavy (non-hydrogen) atoms. The van der Waals surface area contributed by atoms with Gasteiger partial charge in [0.05, 0.1) is 6.54 Å². The SMILES string of the molecule is Cc1cc(CN(C)Cc2cccs2)oc1C(=O)NN. The Balaban J connectivity index is 2.01. The fourth-order valence-corrected chi connectivity index (χ4v) is 2.69. The highest BCUT2D eigenvalue weighted by atomic mass is 32.1. The summed E-state index contributed by atoms with van der Waals surface area (Å²) in [6.07, 6.45) is 0. The Morgan fingerprint density at radius 1 is 1.53 bits per heavy atom. The molecule has 2 aromatic rings. The molecule has 0 aliphatic rings. The van der Waals surface area contributed by atoms with Crippen LogP contribution in [0.4, 0.5) is 0 Å². The van der Waals surface area contributed by atoms with Crippen molar-refractivity contribution in [2.24, 2.45) is 5.84 Å². The van der Waals surface area contributed by atoms with Crippen molar-refractivity contribution in [1.82, 2.24) is 10.3 Å². The summed E-state index contributed by atoms with van der Waals surface area (Å²) in [4.78, 5) is 14.9. The molecule has 0 unspecified atom stereocenters. The molecule has 0 aliphatic heterocycles. The van der Waals surface area contributed by atoms with Gasteiger partial charge in [-0.25, -0.2) is 5.84 Å². The number of nitrogens with zero attached hydrogens (tertiary/aromatic N) is 1. The van der Waals surface area contributed by atoms with Crippen molar-refractivity contribution in [3.63, 3.8) is 0 Å². The summed E-state index contributed by atoms with van der Waals surface area (Å²) in [6.45, 7) is 3.34. The van der Waals surface area contributed by atoms with Crippen LogP contribution < -0.4 is 11.3 Å². The minimum absolute atomic E-state index is 0.280. The van der Waals surface area contributed by atoms with E-state index >= 15 is 0 Å². The van der Waals surface area contributed by atoms with Gasteiger partial charge in [-0.2, -0.15) is 0 Å². The van der Waals surface area contributed by atoms with E-state index in [0.29, 0.717) is 6.54 Å². The quantitative estimate of drug-likeness (QED) is 0.498. The number of thiophene rings is 1. The van der Waals surface area contributed by atoms with Crippen molar-refractivity contribution >= 4 is 17.2 Å². The van der Waals surface area contributed by atoms with Crippen LogP contribution in [-0.4, -0.2) is 17.9 Å². The van der Waals surface area contributed by atoms with Crippen LogP contribution >= 0.6 is 11.3 Å². The number of nitrogen functional groups attached to an aromatic ring is 1. The standard InChI is InChI=1S/C13H17N3O2S/c1-9-6-10(18-12(9)13(17)15-14)7-16(2)8-11-4-3-5-19-11/h3-6H,7-8,14H2,1-2H3,(H,15,17). The van der Waals surface area contributed by atoms with Gasteiger partial charge in [0.2, 0.25) is 0 Å². The number of aryl methyl sites for hydroxylation is 1. The van der Waals surface area contributed by atoms with E-state index in [1.54, 1.807) is 11.3 Å². The van der Waals surface area contributed by atoms with Gasteiger partial charge in [0.25, 0.3) is 0 Å². The molecular weight excluding hydrogens is 262 g/mol. The van der Waals surface area contributed by atoms with Crippen LogP contribution in [0.1, 0.15) is 26.8 Å². The van der Waals surface area contributed by atoms with E-state index < -0.39 is 5.91 Å². The van der Waals surface area contributed by atoms with Crippen LogP contribution in [-0.2, 0) is 13.1 Å². The maximum atomic E-state index is 11.4. The normalized spacial score (nSPS) is 10.9. The zero-order chi connectivity index (χ0) is 13.8. The number of hydrogen-bond acceptors (Lipinski definition) is 5. The summed E-state index contributed by atoms with van der Waals surface area (Å²) in [7, 11) is 2.01. The van der Waals surface area contributed by atoms with Gasteiger partial charge in [-0.15, -0.1) is 11.3 Å². The molecule has 6 heteroatoms. The number of nitrogens with one attached hydrogen (secondary N) is 1. The van der Waals surface area contributed by atoms with Crippen LogP contribution in [0.3, 0.4) is 0 Å². The molecule has 1 amide bonds. The molecule has 102 valence electrons. The second-order valence-corrected chi connectivity index (χ2v) is 5.48. The third-order valence-electron chi connectivity index (χ3n) is 2.74. The van der Waals surface area contributed by atoms with E-state index in [9.17, 15) is 4.79 Å². The molecule has 2 heterocycles. The molecule has 0 atom stereocenters. The third-order valence-corrected chi connectivity index (χ3v) is 3.60. The first-order valence-electron chi connectivity index (χ1n) is 5.91. The Morgan fingerprint density at radius 2 is 2.32 bits per heavy atom. The molecule has 0 bridgehead atoms. The summed E-state index contributed by atoms with van der Waals surface area (Å²) in [6, 6.07) is 6.01. The van der Waals surface area contributed by atoms with Crippen molar-refractivity contribution in [3.8, 4) is 0 Å². The van der Waals surface area contributed by atoms with Crippen molar-refractivity contribution in [1.29, 1.82) is 0 Å². The number of furan rings is 1. The topological polar surface area (TPSA) is 71.5 Å². The van der Waals surface area contributed by atoms with Crippen LogP contribution in [0.15, 0.2) is 28.0 Å². The molecule has 0 aromatic carbocycles. The summed E-state index contributed by atoms with van der Waals surface area (Å²) in [5.74, 6) is 5.75. The zero-order valence-electron chi connectivity index (χ0n) is 11.0. The molecule has 0 saturated carbocycles. The minimum atomic E-state index is -0.398. The van der Waals surface area contributed by atoms with Gasteiger partial charge in [-0.1, -0.05) is 6.07 Å². The van der Waals surface area contributed by atoms with E-state index in [1.165, 1.54) is 4.88 Å². The minimum Gasteiger partial charge on any atom is -0.454 e. The summed E-state index contributed by atoms with van der Waals surface area (Å²) < 4.78 is 5.53. The number of amides is 1. The summed E-state index contributed by atoms with van der Waals surface area (Å²) >= 11 is 1.73. The number of hydrazine groups is 1. The predicted molar refractivity (Wildman–Crippen MR) is 74.6 cm³/mol. The Labute approximate surface area is 116 Å². The second-order valence-electron chi connectivity index (χ2n) is 4.45. The second kappa shape index (κ2) is 6.01. The summed E-state index contributed by atoms with van der Waals surface area (Å²) in [5.41, 5.74) is 2.87. The van der Waals surface area contributed by atoms with Crippen molar-refractivity contribution in [2.45, 2.75) is 20.0 Å². The molecule has 5 nitrogen and oxygen atoms in total. The molecule has 2 aromatic heterocycles. The van der Waals surface area contributed by atoms with Crippen LogP contribution in [0.25, 0.3) is 0 Å². The number of rotatable bonds is 5. The molecule has 0 fully saturated rings. The van der Waals surface area contributed by atoms with Gasteiger partial charge >= 0.3 is 5.91 Å². The predicted octanol–water partition coefficient (Wildman–Crippen LogP) is 1.89. The van der Waals surface area contributed by atoms with Gasteiger partial charge in [0.1, 0.15) is 5.76 Å². The number of hydrogen-bond donors (Lipinski definition) is 2. The van der Waals surface area contributed by atoms with Crippen LogP contribution in [0.5, 0.6) is 0 Å². The lowest BCUT2D eigenvalue weighted by Gasteiger charge is -2.13. The lowest BCUT2D eigenvalue weighted by atomic mass is 10.2. The lowest BCUT2D eigenvalue weighted by Crippen LogP contribution is -2.30. The molecule has 0 spiro atoms. The molecular formula is C13H17N3O2S. The van der Waals surface area contributed by atoms with E-state index in [-0.39, 0.29) is 5.76 Å². The largest absolute Gasteiger partial charge is 0.454 e. The maximum absolute atomic E-state index is 11.4. The molecule has 0 radical (unpaired) electrons. The number of carbonyl (C=O) groups is 1. The van der Waals surface area contributed by atoms with Crippen molar-refractivity contribution in [3.05, 3.63) is 45.5 Å². The fourth-order valence-electron chi connectivity index (χ4n) is 1.91. The Kier molecular flexibility index (Phi) is 4.36. The lowest BCUT2D eigenvalue weighted by molar-refractivity contribution is 0.0921. The fraction of sp³-hybridized carbons (Fsp3) is 0.308. The van der Waals surface area contributed by atoms with Gasteiger partial charge in [-0.05, 0) is 31.5 Å². The smallest absolute Gasteiger partial charge is 0.301 e. The first-order valence-corrected chi connectivity index (χ1v) is 6.79. The number of carbonyl (C=O) groups excluding carboxylic acids is 1. The average molecular weight is 279 g/mol. The first kappa shape index (κ1) is 13.8. The first-order chi connectivity index (χ1) is 9.10. The Bertz CT molecular complexity index is 548. The number of nitrogens with two attached hydrogens (primary N) is 1.